The average Bonchev–Trinajstić information content (AvgIpc) is 3.19. The molecule has 26 heavy (non-hydrogen) atoms. The van der Waals surface area contributed by atoms with Gasteiger partial charge in [-0.15, -0.1) is 0 Å². The molecule has 1 aromatic carbocycles. The van der Waals surface area contributed by atoms with Crippen molar-refractivity contribution in [1.82, 2.24) is 21.1 Å². The number of amides is 3. The zero-order valence-corrected chi connectivity index (χ0v) is 15.0. The molecule has 3 N–H and O–H groups in total. The van der Waals surface area contributed by atoms with E-state index in [0.29, 0.717) is 30.9 Å². The highest BCUT2D eigenvalue weighted by Crippen LogP contribution is 2.33. The predicted octanol–water partition coefficient (Wildman–Crippen LogP) is 1.55. The van der Waals surface area contributed by atoms with Crippen molar-refractivity contribution in [1.29, 1.82) is 0 Å². The summed E-state index contributed by atoms with van der Waals surface area (Å²) in [5, 5.41) is 7.03. The summed E-state index contributed by atoms with van der Waals surface area (Å²) < 4.78 is 10.6. The molecule has 2 fully saturated rings. The average molecular weight is 376 g/mol. The fourth-order valence-corrected chi connectivity index (χ4v) is 3.75. The van der Waals surface area contributed by atoms with Gasteiger partial charge in [0.25, 0.3) is 5.91 Å². The van der Waals surface area contributed by atoms with Crippen LogP contribution in [0.5, 0.6) is 11.5 Å². The summed E-state index contributed by atoms with van der Waals surface area (Å²) in [6.07, 6.45) is 4.31. The summed E-state index contributed by atoms with van der Waals surface area (Å²) in [6.45, 7) is 0.650. The Morgan fingerprint density at radius 3 is 2.77 bits per heavy atom. The topological polar surface area (TPSA) is 91.9 Å². The molecule has 2 aliphatic heterocycles. The predicted molar refractivity (Wildman–Crippen MR) is 96.3 cm³/mol. The highest BCUT2D eigenvalue weighted by Gasteiger charge is 2.51. The third-order valence-corrected chi connectivity index (χ3v) is 5.21. The Hall–Kier alpha value is -2.55. The molecule has 1 saturated carbocycles. The molecule has 1 spiro atoms. The monoisotopic (exact) mass is 376 g/mol. The van der Waals surface area contributed by atoms with Crippen LogP contribution in [0.2, 0.25) is 0 Å². The lowest BCUT2D eigenvalue weighted by atomic mass is 9.82. The van der Waals surface area contributed by atoms with Gasteiger partial charge in [0, 0.05) is 6.54 Å². The number of benzene rings is 1. The standard InChI is InChI=1S/C17H20N4O4S/c22-14-17(6-2-1-3-7-17)19-16(23)21(14)20-15(26)18-9-11-4-5-12-13(8-11)25-10-24-12/h4-5,8H,1-3,6-7,9-10H2,(H,19,23)(H2,18,20,26). The number of nitrogens with zero attached hydrogens (tertiary/aromatic N) is 1. The minimum atomic E-state index is -0.769. The van der Waals surface area contributed by atoms with Crippen molar-refractivity contribution in [2.24, 2.45) is 0 Å². The van der Waals surface area contributed by atoms with Gasteiger partial charge in [-0.1, -0.05) is 25.3 Å². The zero-order chi connectivity index (χ0) is 18.1. The van der Waals surface area contributed by atoms with E-state index in [-0.39, 0.29) is 17.8 Å². The number of ether oxygens (including phenoxy) is 2. The van der Waals surface area contributed by atoms with E-state index in [1.807, 2.05) is 18.2 Å². The van der Waals surface area contributed by atoms with E-state index in [1.165, 1.54) is 0 Å². The van der Waals surface area contributed by atoms with Crippen molar-refractivity contribution in [3.63, 3.8) is 0 Å². The van der Waals surface area contributed by atoms with Crippen molar-refractivity contribution in [3.8, 4) is 11.5 Å². The Kier molecular flexibility index (Phi) is 4.31. The summed E-state index contributed by atoms with van der Waals surface area (Å²) in [4.78, 5) is 24.9. The van der Waals surface area contributed by atoms with Crippen LogP contribution in [0.1, 0.15) is 37.7 Å². The van der Waals surface area contributed by atoms with Crippen LogP contribution in [0.15, 0.2) is 18.2 Å². The van der Waals surface area contributed by atoms with Crippen LogP contribution in [-0.4, -0.2) is 34.4 Å². The van der Waals surface area contributed by atoms with Crippen LogP contribution in [0.25, 0.3) is 0 Å². The van der Waals surface area contributed by atoms with Crippen molar-refractivity contribution >= 4 is 29.3 Å². The summed E-state index contributed by atoms with van der Waals surface area (Å²) in [6, 6.07) is 5.14. The number of nitrogens with one attached hydrogen (secondary N) is 3. The van der Waals surface area contributed by atoms with Crippen LogP contribution in [0.3, 0.4) is 0 Å². The molecule has 2 heterocycles. The number of carbonyl (C=O) groups is 2. The van der Waals surface area contributed by atoms with Crippen LogP contribution in [0.4, 0.5) is 4.79 Å². The Morgan fingerprint density at radius 1 is 1.19 bits per heavy atom. The van der Waals surface area contributed by atoms with E-state index in [0.717, 1.165) is 29.8 Å². The van der Waals surface area contributed by atoms with E-state index >= 15 is 0 Å². The third-order valence-electron chi connectivity index (χ3n) is 4.97. The van der Waals surface area contributed by atoms with Gasteiger partial charge < -0.3 is 20.1 Å². The van der Waals surface area contributed by atoms with Crippen LogP contribution < -0.4 is 25.5 Å². The van der Waals surface area contributed by atoms with E-state index in [4.69, 9.17) is 21.7 Å². The number of urea groups is 1. The lowest BCUT2D eigenvalue weighted by Gasteiger charge is -2.30. The van der Waals surface area contributed by atoms with E-state index in [9.17, 15) is 9.59 Å². The molecule has 1 saturated heterocycles. The van der Waals surface area contributed by atoms with E-state index in [2.05, 4.69) is 16.1 Å². The summed E-state index contributed by atoms with van der Waals surface area (Å²) in [7, 11) is 0. The second kappa shape index (κ2) is 6.64. The first-order chi connectivity index (χ1) is 12.6. The smallest absolute Gasteiger partial charge is 0.344 e. The molecule has 4 rings (SSSR count). The van der Waals surface area contributed by atoms with Gasteiger partial charge in [0.2, 0.25) is 6.79 Å². The first-order valence-electron chi connectivity index (χ1n) is 8.67. The summed E-state index contributed by atoms with van der Waals surface area (Å²) in [5.74, 6) is 1.15. The summed E-state index contributed by atoms with van der Waals surface area (Å²) in [5.41, 5.74) is 2.88. The number of fused-ring (bicyclic) bond motifs is 1. The maximum Gasteiger partial charge on any atom is 0.344 e. The Morgan fingerprint density at radius 2 is 1.96 bits per heavy atom. The lowest BCUT2D eigenvalue weighted by molar-refractivity contribution is -0.133. The number of carbonyl (C=O) groups excluding carboxylic acids is 2. The first kappa shape index (κ1) is 16.9. The van der Waals surface area contributed by atoms with Crippen LogP contribution >= 0.6 is 12.2 Å². The van der Waals surface area contributed by atoms with E-state index < -0.39 is 11.6 Å². The van der Waals surface area contributed by atoms with Crippen molar-refractivity contribution in [2.75, 3.05) is 6.79 Å². The molecule has 1 aliphatic carbocycles. The van der Waals surface area contributed by atoms with Crippen LogP contribution in [0, 0.1) is 0 Å². The zero-order valence-electron chi connectivity index (χ0n) is 14.2. The fraction of sp³-hybridized carbons (Fsp3) is 0.471. The first-order valence-corrected chi connectivity index (χ1v) is 9.08. The maximum absolute atomic E-state index is 12.7. The Bertz CT molecular complexity index is 763. The molecule has 138 valence electrons. The summed E-state index contributed by atoms with van der Waals surface area (Å²) >= 11 is 5.23. The lowest BCUT2D eigenvalue weighted by Crippen LogP contribution is -2.52. The maximum atomic E-state index is 12.7. The van der Waals surface area contributed by atoms with Gasteiger partial charge in [-0.25, -0.2) is 4.79 Å². The molecule has 0 aromatic heterocycles. The Labute approximate surface area is 156 Å². The SMILES string of the molecule is O=C1NC2(CCCCC2)C(=O)N1NC(=S)NCc1ccc2c(c1)OCO2. The number of rotatable bonds is 3. The highest BCUT2D eigenvalue weighted by atomic mass is 32.1. The number of hydrazine groups is 1. The third kappa shape index (κ3) is 3.03. The molecular formula is C17H20N4O4S. The van der Waals surface area contributed by atoms with Gasteiger partial charge in [0.1, 0.15) is 5.54 Å². The quantitative estimate of drug-likeness (QED) is 0.544. The van der Waals surface area contributed by atoms with Gasteiger partial charge in [-0.2, -0.15) is 5.01 Å². The number of hydrogen-bond donors (Lipinski definition) is 3. The molecule has 9 heteroatoms. The molecule has 8 nitrogen and oxygen atoms in total. The van der Waals surface area contributed by atoms with Crippen molar-refractivity contribution in [2.45, 2.75) is 44.2 Å². The number of imide groups is 1. The molecule has 3 aliphatic rings. The van der Waals surface area contributed by atoms with Gasteiger partial charge in [-0.05, 0) is 42.8 Å². The van der Waals surface area contributed by atoms with Gasteiger partial charge >= 0.3 is 6.03 Å². The van der Waals surface area contributed by atoms with Gasteiger partial charge in [0.05, 0.1) is 0 Å². The van der Waals surface area contributed by atoms with E-state index in [1.54, 1.807) is 0 Å². The van der Waals surface area contributed by atoms with Crippen molar-refractivity contribution in [3.05, 3.63) is 23.8 Å². The van der Waals surface area contributed by atoms with Gasteiger partial charge in [0.15, 0.2) is 16.6 Å². The van der Waals surface area contributed by atoms with Crippen molar-refractivity contribution < 1.29 is 19.1 Å². The number of thiocarbonyl (C=S) groups is 1. The highest BCUT2D eigenvalue weighted by molar-refractivity contribution is 7.80. The molecule has 1 aromatic rings. The second-order valence-electron chi connectivity index (χ2n) is 6.70. The second-order valence-corrected chi connectivity index (χ2v) is 7.10. The molecule has 0 atom stereocenters. The van der Waals surface area contributed by atoms with Crippen LogP contribution in [-0.2, 0) is 11.3 Å². The number of hydrogen-bond acceptors (Lipinski definition) is 5. The minimum absolute atomic E-state index is 0.207. The molecule has 0 radical (unpaired) electrons. The Balaban J connectivity index is 1.34. The minimum Gasteiger partial charge on any atom is -0.454 e. The fourth-order valence-electron chi connectivity index (χ4n) is 3.59. The molecule has 0 bridgehead atoms. The van der Waals surface area contributed by atoms with Gasteiger partial charge in [-0.3, -0.25) is 10.2 Å². The molecule has 0 unspecified atom stereocenters. The largest absolute Gasteiger partial charge is 0.454 e. The molecular weight excluding hydrogens is 356 g/mol. The molecule has 3 amide bonds. The normalized spacial score (nSPS) is 20.2.